The van der Waals surface area contributed by atoms with Crippen LogP contribution in [0.3, 0.4) is 0 Å². The molecule has 21 heavy (non-hydrogen) atoms. The molecular weight excluding hydrogens is 280 g/mol. The molecule has 0 radical (unpaired) electrons. The fraction of sp³-hybridized carbons (Fsp3) is 0.438. The van der Waals surface area contributed by atoms with Crippen molar-refractivity contribution in [1.29, 1.82) is 0 Å². The summed E-state index contributed by atoms with van der Waals surface area (Å²) in [5, 5.41) is 4.52. The van der Waals surface area contributed by atoms with Gasteiger partial charge in [-0.2, -0.15) is 0 Å². The van der Waals surface area contributed by atoms with E-state index in [9.17, 15) is 0 Å². The average molecular weight is 302 g/mol. The maximum atomic E-state index is 4.58. The summed E-state index contributed by atoms with van der Waals surface area (Å²) >= 11 is 1.81. The Morgan fingerprint density at radius 3 is 2.52 bits per heavy atom. The number of hydrogen-bond donors (Lipinski definition) is 1. The largest absolute Gasteiger partial charge is 0.368 e. The quantitative estimate of drug-likeness (QED) is 0.920. The van der Waals surface area contributed by atoms with Gasteiger partial charge in [0.1, 0.15) is 0 Å². The Balaban J connectivity index is 1.57. The zero-order valence-electron chi connectivity index (χ0n) is 12.5. The van der Waals surface area contributed by atoms with Crippen molar-refractivity contribution in [3.63, 3.8) is 0 Å². The van der Waals surface area contributed by atoms with E-state index in [0.29, 0.717) is 0 Å². The van der Waals surface area contributed by atoms with Crippen LogP contribution in [0.15, 0.2) is 36.5 Å². The lowest BCUT2D eigenvalue weighted by Gasteiger charge is -2.36. The number of rotatable bonds is 5. The number of para-hydroxylation sites is 1. The molecule has 1 N–H and O–H groups in total. The molecule has 0 spiro atoms. The Bertz CT molecular complexity index is 546. The second kappa shape index (κ2) is 6.91. The summed E-state index contributed by atoms with van der Waals surface area (Å²) in [6.45, 7) is 8.27. The Morgan fingerprint density at radius 1 is 1.10 bits per heavy atom. The number of nitrogens with one attached hydrogen (secondary N) is 1. The number of anilines is 2. The first-order valence-corrected chi connectivity index (χ1v) is 8.39. The van der Waals surface area contributed by atoms with Crippen molar-refractivity contribution in [2.24, 2.45) is 0 Å². The molecule has 0 unspecified atom stereocenters. The lowest BCUT2D eigenvalue weighted by atomic mass is 10.2. The van der Waals surface area contributed by atoms with Crippen molar-refractivity contribution in [2.45, 2.75) is 13.5 Å². The van der Waals surface area contributed by atoms with E-state index >= 15 is 0 Å². The van der Waals surface area contributed by atoms with Crippen LogP contribution in [-0.2, 0) is 6.54 Å². The SMILES string of the molecule is CCNCc1cnc(N2CCN(c3ccccc3)CC2)s1. The predicted molar refractivity (Wildman–Crippen MR) is 90.4 cm³/mol. The highest BCUT2D eigenvalue weighted by molar-refractivity contribution is 7.15. The van der Waals surface area contributed by atoms with E-state index in [2.05, 4.69) is 57.4 Å². The molecule has 5 heteroatoms. The van der Waals surface area contributed by atoms with Crippen molar-refractivity contribution in [2.75, 3.05) is 42.5 Å². The van der Waals surface area contributed by atoms with Crippen molar-refractivity contribution in [1.82, 2.24) is 10.3 Å². The van der Waals surface area contributed by atoms with Crippen LogP contribution in [0, 0.1) is 0 Å². The van der Waals surface area contributed by atoms with Crippen LogP contribution in [0.1, 0.15) is 11.8 Å². The van der Waals surface area contributed by atoms with Gasteiger partial charge in [-0.1, -0.05) is 25.1 Å². The summed E-state index contributed by atoms with van der Waals surface area (Å²) in [4.78, 5) is 10.7. The second-order valence-corrected chi connectivity index (χ2v) is 6.29. The molecule has 2 aromatic rings. The first kappa shape index (κ1) is 14.4. The Hall–Kier alpha value is -1.59. The summed E-state index contributed by atoms with van der Waals surface area (Å²) in [6.07, 6.45) is 2.01. The standard InChI is InChI=1S/C16H22N4S/c1-2-17-12-15-13-18-16(21-15)20-10-8-19(9-11-20)14-6-4-3-5-7-14/h3-7,13,17H,2,8-12H2,1H3. The van der Waals surface area contributed by atoms with E-state index in [1.165, 1.54) is 10.6 Å². The third-order valence-corrected chi connectivity index (χ3v) is 4.82. The molecule has 1 aliphatic heterocycles. The average Bonchev–Trinajstić information content (AvgIpc) is 3.03. The zero-order valence-corrected chi connectivity index (χ0v) is 13.3. The molecule has 1 fully saturated rings. The highest BCUT2D eigenvalue weighted by Gasteiger charge is 2.19. The maximum absolute atomic E-state index is 4.58. The van der Waals surface area contributed by atoms with Crippen LogP contribution in [0.25, 0.3) is 0 Å². The summed E-state index contributed by atoms with van der Waals surface area (Å²) < 4.78 is 0. The van der Waals surface area contributed by atoms with Crippen LogP contribution in [0.4, 0.5) is 10.8 Å². The molecule has 2 heterocycles. The maximum Gasteiger partial charge on any atom is 0.185 e. The number of nitrogens with zero attached hydrogens (tertiary/aromatic N) is 3. The van der Waals surface area contributed by atoms with E-state index in [-0.39, 0.29) is 0 Å². The minimum absolute atomic E-state index is 0.929. The molecule has 0 bridgehead atoms. The molecule has 0 atom stereocenters. The minimum atomic E-state index is 0.929. The van der Waals surface area contributed by atoms with Gasteiger partial charge in [0.15, 0.2) is 5.13 Å². The van der Waals surface area contributed by atoms with E-state index in [4.69, 9.17) is 0 Å². The molecule has 4 nitrogen and oxygen atoms in total. The number of benzene rings is 1. The van der Waals surface area contributed by atoms with E-state index in [1.54, 1.807) is 0 Å². The van der Waals surface area contributed by atoms with Gasteiger partial charge in [0.2, 0.25) is 0 Å². The van der Waals surface area contributed by atoms with Gasteiger partial charge in [-0.05, 0) is 18.7 Å². The molecule has 0 saturated carbocycles. The normalized spacial score (nSPS) is 15.5. The summed E-state index contributed by atoms with van der Waals surface area (Å²) in [5.74, 6) is 0. The van der Waals surface area contributed by atoms with Crippen molar-refractivity contribution in [3.05, 3.63) is 41.4 Å². The number of piperazine rings is 1. The van der Waals surface area contributed by atoms with Gasteiger partial charge in [-0.3, -0.25) is 0 Å². The number of thiazole rings is 1. The molecule has 0 aliphatic carbocycles. The van der Waals surface area contributed by atoms with Crippen molar-refractivity contribution in [3.8, 4) is 0 Å². The van der Waals surface area contributed by atoms with Crippen molar-refractivity contribution < 1.29 is 0 Å². The highest BCUT2D eigenvalue weighted by atomic mass is 32.1. The van der Waals surface area contributed by atoms with Gasteiger partial charge in [-0.25, -0.2) is 4.98 Å². The van der Waals surface area contributed by atoms with Gasteiger partial charge in [0.05, 0.1) is 0 Å². The summed E-state index contributed by atoms with van der Waals surface area (Å²) in [7, 11) is 0. The molecule has 1 aromatic carbocycles. The molecule has 112 valence electrons. The van der Waals surface area contributed by atoms with Crippen LogP contribution < -0.4 is 15.1 Å². The molecular formula is C16H22N4S. The molecule has 1 aliphatic rings. The van der Waals surface area contributed by atoms with Gasteiger partial charge >= 0.3 is 0 Å². The van der Waals surface area contributed by atoms with Crippen LogP contribution >= 0.6 is 11.3 Å². The Kier molecular flexibility index (Phi) is 4.72. The highest BCUT2D eigenvalue weighted by Crippen LogP contribution is 2.25. The minimum Gasteiger partial charge on any atom is -0.368 e. The smallest absolute Gasteiger partial charge is 0.185 e. The van der Waals surface area contributed by atoms with E-state index in [1.807, 2.05) is 17.5 Å². The van der Waals surface area contributed by atoms with Gasteiger partial charge in [0.25, 0.3) is 0 Å². The second-order valence-electron chi connectivity index (χ2n) is 5.20. The number of hydrogen-bond acceptors (Lipinski definition) is 5. The predicted octanol–water partition coefficient (Wildman–Crippen LogP) is 2.58. The number of aromatic nitrogens is 1. The zero-order chi connectivity index (χ0) is 14.5. The fourth-order valence-electron chi connectivity index (χ4n) is 2.57. The molecule has 1 aromatic heterocycles. The lowest BCUT2D eigenvalue weighted by Crippen LogP contribution is -2.46. The molecule has 3 rings (SSSR count). The topological polar surface area (TPSA) is 31.4 Å². The Morgan fingerprint density at radius 2 is 1.81 bits per heavy atom. The van der Waals surface area contributed by atoms with E-state index in [0.717, 1.165) is 44.4 Å². The third-order valence-electron chi connectivity index (χ3n) is 3.76. The monoisotopic (exact) mass is 302 g/mol. The van der Waals surface area contributed by atoms with Crippen LogP contribution in [-0.4, -0.2) is 37.7 Å². The van der Waals surface area contributed by atoms with Crippen LogP contribution in [0.5, 0.6) is 0 Å². The van der Waals surface area contributed by atoms with E-state index < -0.39 is 0 Å². The lowest BCUT2D eigenvalue weighted by molar-refractivity contribution is 0.652. The van der Waals surface area contributed by atoms with Crippen molar-refractivity contribution >= 4 is 22.2 Å². The van der Waals surface area contributed by atoms with Gasteiger partial charge in [-0.15, -0.1) is 11.3 Å². The van der Waals surface area contributed by atoms with Gasteiger partial charge < -0.3 is 15.1 Å². The fourth-order valence-corrected chi connectivity index (χ4v) is 3.50. The van der Waals surface area contributed by atoms with Crippen LogP contribution in [0.2, 0.25) is 0 Å². The molecule has 0 amide bonds. The summed E-state index contributed by atoms with van der Waals surface area (Å²) in [5.41, 5.74) is 1.32. The summed E-state index contributed by atoms with van der Waals surface area (Å²) in [6, 6.07) is 10.7. The first-order chi connectivity index (χ1) is 10.4. The third kappa shape index (κ3) is 3.54. The first-order valence-electron chi connectivity index (χ1n) is 7.57. The molecule has 1 saturated heterocycles. The van der Waals surface area contributed by atoms with Gasteiger partial charge in [0, 0.05) is 49.5 Å². The Labute approximate surface area is 130 Å².